The van der Waals surface area contributed by atoms with E-state index in [-0.39, 0.29) is 18.4 Å². The van der Waals surface area contributed by atoms with E-state index < -0.39 is 37.1 Å². The lowest BCUT2D eigenvalue weighted by molar-refractivity contribution is -0.386. The summed E-state index contributed by atoms with van der Waals surface area (Å²) in [6.07, 6.45) is 3.82. The minimum atomic E-state index is -4.00. The summed E-state index contributed by atoms with van der Waals surface area (Å²) >= 11 is 0. The Bertz CT molecular complexity index is 795. The third kappa shape index (κ3) is 4.87. The number of methoxy groups -OCH3 is 1. The maximum atomic E-state index is 14.1. The summed E-state index contributed by atoms with van der Waals surface area (Å²) in [6.45, 7) is 1.56. The maximum absolute atomic E-state index is 14.1. The normalized spacial score (nSPS) is 18.7. The second-order valence-corrected chi connectivity index (χ2v) is 8.68. The number of nitro groups is 1. The molecule has 1 heterocycles. The van der Waals surface area contributed by atoms with Crippen LogP contribution in [0.25, 0.3) is 0 Å². The summed E-state index contributed by atoms with van der Waals surface area (Å²) in [5.41, 5.74) is -0.702. The number of hydrogen-bond acceptors (Lipinski definition) is 6. The van der Waals surface area contributed by atoms with Gasteiger partial charge in [-0.25, -0.2) is 12.8 Å². The second kappa shape index (κ2) is 8.68. The van der Waals surface area contributed by atoms with Gasteiger partial charge in [0.15, 0.2) is 5.82 Å². The molecule has 3 rings (SSSR count). The Morgan fingerprint density at radius 1 is 1.30 bits per heavy atom. The van der Waals surface area contributed by atoms with Gasteiger partial charge in [0.1, 0.15) is 0 Å². The Morgan fingerprint density at radius 2 is 1.93 bits per heavy atom. The molecule has 0 radical (unpaired) electrons. The zero-order valence-corrected chi connectivity index (χ0v) is 16.5. The van der Waals surface area contributed by atoms with Crippen LogP contribution in [0, 0.1) is 21.8 Å². The van der Waals surface area contributed by atoms with E-state index in [1.54, 1.807) is 0 Å². The van der Waals surface area contributed by atoms with Crippen LogP contribution in [0.1, 0.15) is 25.7 Å². The molecule has 2 fully saturated rings. The average Bonchev–Trinajstić information content (AvgIpc) is 3.44. The lowest BCUT2D eigenvalue weighted by atomic mass is 10.1. The molecule has 0 spiro atoms. The minimum Gasteiger partial charge on any atom is -0.488 e. The quantitative estimate of drug-likeness (QED) is 0.533. The van der Waals surface area contributed by atoms with Crippen molar-refractivity contribution in [3.63, 3.8) is 0 Å². The molecule has 1 saturated heterocycles. The molecule has 0 atom stereocenters. The van der Waals surface area contributed by atoms with Gasteiger partial charge in [0.2, 0.25) is 15.8 Å². The van der Waals surface area contributed by atoms with E-state index in [0.717, 1.165) is 31.7 Å². The standard InChI is InChI=1S/C16H22FN3O5S.ClH/c1-25-16-14(17)8-13(9-15(16)20(21)22)26(23,24)19-6-4-12(5-7-19)18-10-11-2-3-11;/h8-9,11-12,18H,2-7,10H2,1H3;1H. The van der Waals surface area contributed by atoms with Crippen molar-refractivity contribution >= 4 is 28.1 Å². The van der Waals surface area contributed by atoms with Crippen molar-refractivity contribution in [2.24, 2.45) is 5.92 Å². The fourth-order valence-corrected chi connectivity index (χ4v) is 4.65. The van der Waals surface area contributed by atoms with Gasteiger partial charge < -0.3 is 10.1 Å². The monoisotopic (exact) mass is 423 g/mol. The highest BCUT2D eigenvalue weighted by Gasteiger charge is 2.33. The van der Waals surface area contributed by atoms with Crippen LogP contribution in [0.3, 0.4) is 0 Å². The van der Waals surface area contributed by atoms with Gasteiger partial charge in [-0.2, -0.15) is 4.31 Å². The Labute approximate surface area is 163 Å². The Morgan fingerprint density at radius 3 is 2.44 bits per heavy atom. The summed E-state index contributed by atoms with van der Waals surface area (Å²) in [6, 6.07) is 1.90. The second-order valence-electron chi connectivity index (χ2n) is 6.74. The number of sulfonamides is 1. The van der Waals surface area contributed by atoms with Crippen molar-refractivity contribution in [3.05, 3.63) is 28.1 Å². The van der Waals surface area contributed by atoms with Crippen LogP contribution in [-0.2, 0) is 10.0 Å². The first-order valence-electron chi connectivity index (χ1n) is 8.58. The van der Waals surface area contributed by atoms with E-state index in [4.69, 9.17) is 0 Å². The topological polar surface area (TPSA) is 102 Å². The van der Waals surface area contributed by atoms with E-state index in [9.17, 15) is 22.9 Å². The number of benzene rings is 1. The highest BCUT2D eigenvalue weighted by Crippen LogP contribution is 2.34. The molecule has 1 aliphatic carbocycles. The third-order valence-corrected chi connectivity index (χ3v) is 6.76. The molecule has 8 nitrogen and oxygen atoms in total. The Kier molecular flexibility index (Phi) is 7.01. The van der Waals surface area contributed by atoms with E-state index in [1.807, 2.05) is 0 Å². The number of nitro benzene ring substituents is 1. The van der Waals surface area contributed by atoms with Crippen molar-refractivity contribution in [2.45, 2.75) is 36.6 Å². The van der Waals surface area contributed by atoms with Gasteiger partial charge in [-0.1, -0.05) is 0 Å². The first kappa shape index (κ1) is 21.8. The predicted octanol–water partition coefficient (Wildman–Crippen LogP) is 2.32. The molecule has 0 unspecified atom stereocenters. The molecule has 0 bridgehead atoms. The van der Waals surface area contributed by atoms with Gasteiger partial charge in [0, 0.05) is 25.2 Å². The van der Waals surface area contributed by atoms with Gasteiger partial charge in [-0.3, -0.25) is 10.1 Å². The van der Waals surface area contributed by atoms with Crippen molar-refractivity contribution < 1.29 is 22.5 Å². The molecule has 11 heteroatoms. The lowest BCUT2D eigenvalue weighted by Gasteiger charge is -2.31. The summed E-state index contributed by atoms with van der Waals surface area (Å²) in [5.74, 6) is -0.891. The molecule has 1 aromatic carbocycles. The number of hydrogen-bond donors (Lipinski definition) is 1. The largest absolute Gasteiger partial charge is 0.488 e. The summed E-state index contributed by atoms with van der Waals surface area (Å²) in [7, 11) is -2.91. The molecule has 2 aliphatic rings. The van der Waals surface area contributed by atoms with Crippen molar-refractivity contribution in [1.82, 2.24) is 9.62 Å². The lowest BCUT2D eigenvalue weighted by Crippen LogP contribution is -2.45. The van der Waals surface area contributed by atoms with Gasteiger partial charge >= 0.3 is 5.69 Å². The smallest absolute Gasteiger partial charge is 0.315 e. The zero-order chi connectivity index (χ0) is 18.9. The Balaban J connectivity index is 0.00000261. The SMILES string of the molecule is COc1c(F)cc(S(=O)(=O)N2CCC(NCC3CC3)CC2)cc1[N+](=O)[O-].Cl. The number of piperidine rings is 1. The average molecular weight is 424 g/mol. The van der Waals surface area contributed by atoms with Gasteiger partial charge in [-0.05, 0) is 44.2 Å². The summed E-state index contributed by atoms with van der Waals surface area (Å²) in [5, 5.41) is 14.6. The first-order valence-corrected chi connectivity index (χ1v) is 10.0. The molecular weight excluding hydrogens is 401 g/mol. The van der Waals surface area contributed by atoms with Crippen molar-refractivity contribution in [3.8, 4) is 5.75 Å². The highest BCUT2D eigenvalue weighted by molar-refractivity contribution is 7.89. The van der Waals surface area contributed by atoms with E-state index in [0.29, 0.717) is 25.9 Å². The van der Waals surface area contributed by atoms with Crippen LogP contribution >= 0.6 is 12.4 Å². The number of nitrogens with zero attached hydrogens (tertiary/aromatic N) is 2. The fraction of sp³-hybridized carbons (Fsp3) is 0.625. The van der Waals surface area contributed by atoms with Crippen molar-refractivity contribution in [1.29, 1.82) is 0 Å². The summed E-state index contributed by atoms with van der Waals surface area (Å²) < 4.78 is 45.6. The Hall–Kier alpha value is -1.49. The number of halogens is 2. The number of nitrogens with one attached hydrogen (secondary N) is 1. The summed E-state index contributed by atoms with van der Waals surface area (Å²) in [4.78, 5) is 9.83. The fourth-order valence-electron chi connectivity index (χ4n) is 3.15. The maximum Gasteiger partial charge on any atom is 0.315 e. The van der Waals surface area contributed by atoms with Crippen LogP contribution in [0.5, 0.6) is 5.75 Å². The van der Waals surface area contributed by atoms with Gasteiger partial charge in [-0.15, -0.1) is 12.4 Å². The molecule has 0 aromatic heterocycles. The molecule has 27 heavy (non-hydrogen) atoms. The third-order valence-electron chi connectivity index (χ3n) is 4.88. The predicted molar refractivity (Wildman–Crippen MR) is 99.4 cm³/mol. The van der Waals surface area contributed by atoms with E-state index >= 15 is 0 Å². The van der Waals surface area contributed by atoms with E-state index in [1.165, 1.54) is 17.1 Å². The molecule has 1 aliphatic heterocycles. The zero-order valence-electron chi connectivity index (χ0n) is 14.9. The molecule has 152 valence electrons. The van der Waals surface area contributed by atoms with Crippen LogP contribution in [0.4, 0.5) is 10.1 Å². The molecule has 0 amide bonds. The molecule has 1 aromatic rings. The molecule has 1 N–H and O–H groups in total. The van der Waals surface area contributed by atoms with Crippen LogP contribution in [-0.4, -0.2) is 50.4 Å². The van der Waals surface area contributed by atoms with Crippen LogP contribution in [0.15, 0.2) is 17.0 Å². The first-order chi connectivity index (χ1) is 12.3. The number of ether oxygens (including phenoxy) is 1. The number of rotatable bonds is 7. The van der Waals surface area contributed by atoms with E-state index in [2.05, 4.69) is 10.1 Å². The minimum absolute atomic E-state index is 0. The highest BCUT2D eigenvalue weighted by atomic mass is 35.5. The van der Waals surface area contributed by atoms with Crippen LogP contribution < -0.4 is 10.1 Å². The van der Waals surface area contributed by atoms with Crippen LogP contribution in [0.2, 0.25) is 0 Å². The molecular formula is C16H23ClFN3O5S. The molecule has 1 saturated carbocycles. The van der Waals surface area contributed by atoms with Crippen molar-refractivity contribution in [2.75, 3.05) is 26.7 Å². The van der Waals surface area contributed by atoms with Gasteiger partial charge in [0.05, 0.1) is 16.9 Å². The van der Waals surface area contributed by atoms with Gasteiger partial charge in [0.25, 0.3) is 0 Å².